The number of aromatic nitrogens is 3. The lowest BCUT2D eigenvalue weighted by atomic mass is 9.99. The van der Waals surface area contributed by atoms with Crippen LogP contribution in [0.4, 0.5) is 0 Å². The summed E-state index contributed by atoms with van der Waals surface area (Å²) in [6.07, 6.45) is 3.16. The average Bonchev–Trinajstić information content (AvgIpc) is 2.53. The zero-order valence-electron chi connectivity index (χ0n) is 13.2. The Hall–Kier alpha value is -3.03. The van der Waals surface area contributed by atoms with Crippen molar-refractivity contribution in [1.29, 1.82) is 0 Å². The number of hydrogen-bond acceptors (Lipinski definition) is 5. The van der Waals surface area contributed by atoms with Gasteiger partial charge in [0.1, 0.15) is 0 Å². The van der Waals surface area contributed by atoms with E-state index in [-0.39, 0.29) is 17.5 Å². The Kier molecular flexibility index (Phi) is 4.37. The van der Waals surface area contributed by atoms with Crippen LogP contribution in [0.25, 0.3) is 0 Å². The molecule has 0 atom stereocenters. The van der Waals surface area contributed by atoms with Gasteiger partial charge in [-0.2, -0.15) is 5.10 Å². The topological polar surface area (TPSA) is 108 Å². The molecule has 1 aliphatic heterocycles. The third-order valence-corrected chi connectivity index (χ3v) is 3.86. The van der Waals surface area contributed by atoms with Gasteiger partial charge in [0.25, 0.3) is 11.8 Å². The lowest BCUT2D eigenvalue weighted by Crippen LogP contribution is -2.54. The van der Waals surface area contributed by atoms with Crippen molar-refractivity contribution in [2.45, 2.75) is 6.92 Å². The summed E-state index contributed by atoms with van der Waals surface area (Å²) in [4.78, 5) is 41.4. The Labute approximate surface area is 137 Å². The summed E-state index contributed by atoms with van der Waals surface area (Å²) < 4.78 is 0. The molecule has 8 heteroatoms. The molecule has 2 aromatic heterocycles. The molecular weight excluding hydrogens is 310 g/mol. The van der Waals surface area contributed by atoms with Crippen LogP contribution in [0.3, 0.4) is 0 Å². The van der Waals surface area contributed by atoms with Crippen molar-refractivity contribution in [1.82, 2.24) is 25.4 Å². The zero-order chi connectivity index (χ0) is 17.1. The molecule has 2 amide bonds. The lowest BCUT2D eigenvalue weighted by molar-refractivity contribution is 0.0497. The molecule has 1 aliphatic rings. The van der Waals surface area contributed by atoms with Gasteiger partial charge in [0.15, 0.2) is 5.69 Å². The molecule has 0 unspecified atom stereocenters. The van der Waals surface area contributed by atoms with E-state index < -0.39 is 11.3 Å². The molecule has 3 heterocycles. The zero-order valence-corrected chi connectivity index (χ0v) is 13.2. The molecule has 124 valence electrons. The number of rotatable bonds is 4. The number of pyridine rings is 1. The first-order valence-electron chi connectivity index (χ1n) is 7.58. The summed E-state index contributed by atoms with van der Waals surface area (Å²) in [6, 6.07) is 4.68. The molecule has 0 aliphatic carbocycles. The second kappa shape index (κ2) is 6.61. The quantitative estimate of drug-likeness (QED) is 0.820. The number of carbonyl (C=O) groups excluding carboxylic acids is 2. The number of carbonyl (C=O) groups is 2. The highest BCUT2D eigenvalue weighted by molar-refractivity contribution is 5.94. The van der Waals surface area contributed by atoms with E-state index in [2.05, 4.69) is 20.5 Å². The summed E-state index contributed by atoms with van der Waals surface area (Å²) in [7, 11) is 0. The number of nitrogens with one attached hydrogen (secondary N) is 2. The van der Waals surface area contributed by atoms with Gasteiger partial charge >= 0.3 is 0 Å². The molecule has 1 fully saturated rings. The van der Waals surface area contributed by atoms with Gasteiger partial charge in [-0.1, -0.05) is 0 Å². The molecule has 0 spiro atoms. The summed E-state index contributed by atoms with van der Waals surface area (Å²) in [5.74, 6) is -0.379. The van der Waals surface area contributed by atoms with Crippen LogP contribution < -0.4 is 10.7 Å². The Morgan fingerprint density at radius 3 is 2.71 bits per heavy atom. The minimum absolute atomic E-state index is 0.0448. The number of nitrogens with zero attached hydrogens (tertiary/aromatic N) is 3. The molecule has 1 saturated heterocycles. The number of likely N-dealkylation sites (tertiary alicyclic amines) is 1. The summed E-state index contributed by atoms with van der Waals surface area (Å²) in [6.45, 7) is 3.23. The fourth-order valence-corrected chi connectivity index (χ4v) is 2.52. The Balaban J connectivity index is 1.49. The Morgan fingerprint density at radius 1 is 1.33 bits per heavy atom. The maximum Gasteiger partial charge on any atom is 0.275 e. The van der Waals surface area contributed by atoms with Gasteiger partial charge in [-0.25, -0.2) is 0 Å². The molecule has 2 aromatic rings. The monoisotopic (exact) mass is 327 g/mol. The fraction of sp³-hybridized carbons (Fsp3) is 0.312. The van der Waals surface area contributed by atoms with E-state index in [1.54, 1.807) is 36.4 Å². The van der Waals surface area contributed by atoms with Crippen LogP contribution in [-0.2, 0) is 0 Å². The fourth-order valence-electron chi connectivity index (χ4n) is 2.52. The summed E-state index contributed by atoms with van der Waals surface area (Å²) in [5, 5.41) is 9.06. The van der Waals surface area contributed by atoms with Crippen LogP contribution in [-0.4, -0.2) is 51.5 Å². The number of aromatic amines is 1. The largest absolute Gasteiger partial charge is 0.350 e. The van der Waals surface area contributed by atoms with E-state index in [9.17, 15) is 14.4 Å². The minimum atomic E-state index is -0.504. The van der Waals surface area contributed by atoms with Crippen molar-refractivity contribution in [3.8, 4) is 0 Å². The predicted octanol–water partition coefficient (Wildman–Crippen LogP) is -0.0247. The van der Waals surface area contributed by atoms with Crippen LogP contribution in [0.5, 0.6) is 0 Å². The summed E-state index contributed by atoms with van der Waals surface area (Å²) in [5.41, 5.74) is 0.639. The first kappa shape index (κ1) is 15.9. The van der Waals surface area contributed by atoms with Gasteiger partial charge in [-0.05, 0) is 19.1 Å². The number of amides is 2. The van der Waals surface area contributed by atoms with Crippen molar-refractivity contribution in [3.63, 3.8) is 0 Å². The van der Waals surface area contributed by atoms with Crippen molar-refractivity contribution < 1.29 is 9.59 Å². The van der Waals surface area contributed by atoms with Crippen molar-refractivity contribution in [3.05, 3.63) is 57.8 Å². The second-order valence-electron chi connectivity index (χ2n) is 5.79. The van der Waals surface area contributed by atoms with Crippen molar-refractivity contribution in [2.75, 3.05) is 19.6 Å². The number of aryl methyl sites for hydroxylation is 1. The van der Waals surface area contributed by atoms with Gasteiger partial charge in [-0.15, -0.1) is 0 Å². The highest BCUT2D eigenvalue weighted by Crippen LogP contribution is 2.17. The van der Waals surface area contributed by atoms with Crippen LogP contribution >= 0.6 is 0 Å². The molecule has 8 nitrogen and oxygen atoms in total. The number of hydrogen-bond donors (Lipinski definition) is 2. The molecule has 0 radical (unpaired) electrons. The summed E-state index contributed by atoms with van der Waals surface area (Å²) >= 11 is 0. The maximum absolute atomic E-state index is 12.2. The predicted molar refractivity (Wildman–Crippen MR) is 85.6 cm³/mol. The molecule has 0 aromatic carbocycles. The van der Waals surface area contributed by atoms with Gasteiger partial charge in [0.05, 0.1) is 0 Å². The Bertz CT molecular complexity index is 812. The molecule has 0 bridgehead atoms. The molecule has 24 heavy (non-hydrogen) atoms. The van der Waals surface area contributed by atoms with Gasteiger partial charge in [0.2, 0.25) is 5.43 Å². The van der Waals surface area contributed by atoms with E-state index in [1.165, 1.54) is 6.07 Å². The first-order chi connectivity index (χ1) is 11.5. The van der Waals surface area contributed by atoms with Crippen LogP contribution in [0.2, 0.25) is 0 Å². The van der Waals surface area contributed by atoms with Crippen LogP contribution in [0.1, 0.15) is 26.5 Å². The highest BCUT2D eigenvalue weighted by Gasteiger charge is 2.31. The minimum Gasteiger partial charge on any atom is -0.350 e. The molecular formula is C16H17N5O3. The first-order valence-corrected chi connectivity index (χ1v) is 7.58. The van der Waals surface area contributed by atoms with Gasteiger partial charge in [-0.3, -0.25) is 24.5 Å². The van der Waals surface area contributed by atoms with E-state index in [0.717, 1.165) is 0 Å². The normalized spacial score (nSPS) is 14.1. The van der Waals surface area contributed by atoms with Crippen LogP contribution in [0, 0.1) is 12.8 Å². The molecule has 3 rings (SSSR count). The Morgan fingerprint density at radius 2 is 2.04 bits per heavy atom. The third kappa shape index (κ3) is 3.32. The van der Waals surface area contributed by atoms with E-state index in [4.69, 9.17) is 0 Å². The third-order valence-electron chi connectivity index (χ3n) is 3.86. The SMILES string of the molecule is Cc1cc(=O)c(C(=O)NCC2CN(C(=O)c3ccncc3)C2)n[nH]1. The second-order valence-corrected chi connectivity index (χ2v) is 5.79. The maximum atomic E-state index is 12.2. The lowest BCUT2D eigenvalue weighted by Gasteiger charge is -2.39. The standard InChI is InChI=1S/C16H17N5O3/c1-10-6-13(22)14(20-19-10)15(23)18-7-11-8-21(9-11)16(24)12-2-4-17-5-3-12/h2-6,11H,7-9H2,1H3,(H,18,23)(H,19,22). The van der Waals surface area contributed by atoms with E-state index in [0.29, 0.717) is 30.9 Å². The van der Waals surface area contributed by atoms with Crippen LogP contribution in [0.15, 0.2) is 35.4 Å². The average molecular weight is 327 g/mol. The van der Waals surface area contributed by atoms with Crippen molar-refractivity contribution in [2.24, 2.45) is 5.92 Å². The molecule has 0 saturated carbocycles. The smallest absolute Gasteiger partial charge is 0.275 e. The molecule has 2 N–H and O–H groups in total. The van der Waals surface area contributed by atoms with Gasteiger partial charge < -0.3 is 10.2 Å². The van der Waals surface area contributed by atoms with Gasteiger partial charge in [0, 0.05) is 55.3 Å². The number of H-pyrrole nitrogens is 1. The van der Waals surface area contributed by atoms with E-state index >= 15 is 0 Å². The van der Waals surface area contributed by atoms with Crippen molar-refractivity contribution >= 4 is 11.8 Å². The highest BCUT2D eigenvalue weighted by atomic mass is 16.2. The van der Waals surface area contributed by atoms with E-state index in [1.807, 2.05) is 0 Å².